The Labute approximate surface area is 124 Å². The largest absolute Gasteiger partial charge is 0.481 e. The standard InChI is InChI=1S/C15H21FO4S/c1-15(2,3)21(19,20)9-8-12(14(17)18)10-11-6-4-5-7-13(11)16/h4-7,12H,8-10H2,1-3H3,(H,17,18). The van der Waals surface area contributed by atoms with Crippen molar-refractivity contribution >= 4 is 15.8 Å². The summed E-state index contributed by atoms with van der Waals surface area (Å²) in [6.45, 7) is 4.74. The maximum absolute atomic E-state index is 13.6. The van der Waals surface area contributed by atoms with E-state index in [-0.39, 0.29) is 24.2 Å². The van der Waals surface area contributed by atoms with Crippen molar-refractivity contribution < 1.29 is 22.7 Å². The number of halogens is 1. The molecule has 0 aliphatic carbocycles. The minimum absolute atomic E-state index is 0.0122. The van der Waals surface area contributed by atoms with Gasteiger partial charge in [0, 0.05) is 0 Å². The molecule has 0 radical (unpaired) electrons. The Balaban J connectivity index is 2.82. The zero-order valence-corrected chi connectivity index (χ0v) is 13.3. The van der Waals surface area contributed by atoms with E-state index in [0.29, 0.717) is 0 Å². The highest BCUT2D eigenvalue weighted by atomic mass is 32.2. The van der Waals surface area contributed by atoms with E-state index in [1.165, 1.54) is 18.2 Å². The topological polar surface area (TPSA) is 71.4 Å². The SMILES string of the molecule is CC(C)(C)S(=O)(=O)CCC(Cc1ccccc1F)C(=O)O. The van der Waals surface area contributed by atoms with Crippen LogP contribution in [0, 0.1) is 11.7 Å². The van der Waals surface area contributed by atoms with Crippen molar-refractivity contribution in [1.29, 1.82) is 0 Å². The average Bonchev–Trinajstić information content (AvgIpc) is 2.34. The van der Waals surface area contributed by atoms with Crippen LogP contribution in [0.5, 0.6) is 0 Å². The maximum Gasteiger partial charge on any atom is 0.306 e. The summed E-state index contributed by atoms with van der Waals surface area (Å²) in [5, 5.41) is 9.21. The number of benzene rings is 1. The monoisotopic (exact) mass is 316 g/mol. The van der Waals surface area contributed by atoms with Gasteiger partial charge in [0.15, 0.2) is 9.84 Å². The molecule has 6 heteroatoms. The van der Waals surface area contributed by atoms with Crippen LogP contribution in [0.25, 0.3) is 0 Å². The minimum atomic E-state index is -3.39. The third-order valence-electron chi connectivity index (χ3n) is 3.44. The molecule has 1 rings (SSSR count). The normalized spacial score (nSPS) is 13.9. The average molecular weight is 316 g/mol. The Bertz CT molecular complexity index is 602. The van der Waals surface area contributed by atoms with Gasteiger partial charge in [-0.3, -0.25) is 4.79 Å². The second kappa shape index (κ2) is 6.56. The summed E-state index contributed by atoms with van der Waals surface area (Å²) in [6, 6.07) is 5.94. The van der Waals surface area contributed by atoms with E-state index in [0.717, 1.165) is 0 Å². The van der Waals surface area contributed by atoms with Gasteiger partial charge >= 0.3 is 5.97 Å². The number of carbonyl (C=O) groups is 1. The first-order chi connectivity index (χ1) is 9.54. The number of hydrogen-bond donors (Lipinski definition) is 1. The van der Waals surface area contributed by atoms with Gasteiger partial charge in [-0.2, -0.15) is 0 Å². The molecule has 0 heterocycles. The number of sulfone groups is 1. The van der Waals surface area contributed by atoms with Gasteiger partial charge in [-0.05, 0) is 45.2 Å². The summed E-state index contributed by atoms with van der Waals surface area (Å²) in [6.07, 6.45) is -0.0368. The molecule has 0 spiro atoms. The number of carboxylic acid groups (broad SMARTS) is 1. The van der Waals surface area contributed by atoms with Crippen LogP contribution in [0.15, 0.2) is 24.3 Å². The van der Waals surface area contributed by atoms with E-state index in [1.807, 2.05) is 0 Å². The molecule has 21 heavy (non-hydrogen) atoms. The highest BCUT2D eigenvalue weighted by Gasteiger charge is 2.31. The Morgan fingerprint density at radius 3 is 2.33 bits per heavy atom. The maximum atomic E-state index is 13.6. The molecular formula is C15H21FO4S. The molecular weight excluding hydrogens is 295 g/mol. The van der Waals surface area contributed by atoms with Gasteiger partial charge in [0.05, 0.1) is 16.4 Å². The molecule has 0 aromatic heterocycles. The van der Waals surface area contributed by atoms with Crippen LogP contribution >= 0.6 is 0 Å². The van der Waals surface area contributed by atoms with E-state index < -0.39 is 32.3 Å². The first kappa shape index (κ1) is 17.6. The van der Waals surface area contributed by atoms with Crippen LogP contribution in [-0.4, -0.2) is 30.0 Å². The summed E-state index contributed by atoms with van der Waals surface area (Å²) >= 11 is 0. The number of hydrogen-bond acceptors (Lipinski definition) is 3. The van der Waals surface area contributed by atoms with Crippen molar-refractivity contribution in [1.82, 2.24) is 0 Å². The molecule has 0 saturated heterocycles. The Hall–Kier alpha value is -1.43. The van der Waals surface area contributed by atoms with Gasteiger partial charge in [-0.1, -0.05) is 18.2 Å². The molecule has 0 saturated carbocycles. The van der Waals surface area contributed by atoms with Crippen molar-refractivity contribution in [2.45, 2.75) is 38.4 Å². The van der Waals surface area contributed by atoms with Crippen molar-refractivity contribution in [2.75, 3.05) is 5.75 Å². The highest BCUT2D eigenvalue weighted by Crippen LogP contribution is 2.21. The summed E-state index contributed by atoms with van der Waals surface area (Å²) in [5.41, 5.74) is 0.290. The Morgan fingerprint density at radius 2 is 1.86 bits per heavy atom. The van der Waals surface area contributed by atoms with E-state index in [2.05, 4.69) is 0 Å². The van der Waals surface area contributed by atoms with Gasteiger partial charge < -0.3 is 5.11 Å². The van der Waals surface area contributed by atoms with Gasteiger partial charge in [0.25, 0.3) is 0 Å². The predicted molar refractivity (Wildman–Crippen MR) is 79.4 cm³/mol. The molecule has 0 fully saturated rings. The lowest BCUT2D eigenvalue weighted by Crippen LogP contribution is -2.32. The molecule has 4 nitrogen and oxygen atoms in total. The fraction of sp³-hybridized carbons (Fsp3) is 0.533. The zero-order chi connectivity index (χ0) is 16.3. The summed E-state index contributed by atoms with van der Waals surface area (Å²) in [4.78, 5) is 11.3. The van der Waals surface area contributed by atoms with Crippen LogP contribution in [0.2, 0.25) is 0 Å². The smallest absolute Gasteiger partial charge is 0.306 e. The molecule has 1 aromatic rings. The van der Waals surface area contributed by atoms with Gasteiger partial charge in [-0.25, -0.2) is 12.8 Å². The van der Waals surface area contributed by atoms with E-state index in [4.69, 9.17) is 0 Å². The van der Waals surface area contributed by atoms with Gasteiger partial charge in [-0.15, -0.1) is 0 Å². The third-order valence-corrected chi connectivity index (χ3v) is 6.08. The van der Waals surface area contributed by atoms with Crippen molar-refractivity contribution in [3.05, 3.63) is 35.6 Å². The van der Waals surface area contributed by atoms with Crippen molar-refractivity contribution in [3.8, 4) is 0 Å². The zero-order valence-electron chi connectivity index (χ0n) is 12.5. The lowest BCUT2D eigenvalue weighted by atomic mass is 9.97. The first-order valence-corrected chi connectivity index (χ1v) is 8.38. The lowest BCUT2D eigenvalue weighted by Gasteiger charge is -2.20. The second-order valence-electron chi connectivity index (χ2n) is 6.05. The Morgan fingerprint density at radius 1 is 1.29 bits per heavy atom. The summed E-state index contributed by atoms with van der Waals surface area (Å²) in [5.74, 6) is -2.72. The van der Waals surface area contributed by atoms with Crippen LogP contribution in [0.4, 0.5) is 4.39 Å². The van der Waals surface area contributed by atoms with Gasteiger partial charge in [0.1, 0.15) is 5.82 Å². The molecule has 118 valence electrons. The number of carboxylic acids is 1. The molecule has 1 atom stereocenters. The van der Waals surface area contributed by atoms with E-state index >= 15 is 0 Å². The minimum Gasteiger partial charge on any atom is -0.481 e. The Kier molecular flexibility index (Phi) is 5.50. The van der Waals surface area contributed by atoms with Crippen LogP contribution in [0.3, 0.4) is 0 Å². The molecule has 0 amide bonds. The molecule has 1 unspecified atom stereocenters. The van der Waals surface area contributed by atoms with Crippen molar-refractivity contribution in [2.24, 2.45) is 5.92 Å². The molecule has 1 aromatic carbocycles. The molecule has 0 bridgehead atoms. The summed E-state index contributed by atoms with van der Waals surface area (Å²) < 4.78 is 36.7. The fourth-order valence-electron chi connectivity index (χ4n) is 1.85. The number of rotatable bonds is 6. The highest BCUT2D eigenvalue weighted by molar-refractivity contribution is 7.92. The van der Waals surface area contributed by atoms with Gasteiger partial charge in [0.2, 0.25) is 0 Å². The quantitative estimate of drug-likeness (QED) is 0.876. The van der Waals surface area contributed by atoms with Crippen molar-refractivity contribution in [3.63, 3.8) is 0 Å². The lowest BCUT2D eigenvalue weighted by molar-refractivity contribution is -0.141. The van der Waals surface area contributed by atoms with Crippen LogP contribution in [-0.2, 0) is 21.1 Å². The fourth-order valence-corrected chi connectivity index (χ4v) is 3.05. The third kappa shape index (κ3) is 4.81. The van der Waals surface area contributed by atoms with E-state index in [9.17, 15) is 22.7 Å². The summed E-state index contributed by atoms with van der Waals surface area (Å²) in [7, 11) is -3.39. The molecule has 0 aliphatic rings. The predicted octanol–water partition coefficient (Wildman–Crippen LogP) is 2.67. The van der Waals surface area contributed by atoms with Crippen LogP contribution < -0.4 is 0 Å². The first-order valence-electron chi connectivity index (χ1n) is 6.73. The van der Waals surface area contributed by atoms with E-state index in [1.54, 1.807) is 26.8 Å². The van der Waals surface area contributed by atoms with Crippen LogP contribution in [0.1, 0.15) is 32.8 Å². The number of aliphatic carboxylic acids is 1. The molecule has 1 N–H and O–H groups in total. The molecule has 0 aliphatic heterocycles. The second-order valence-corrected chi connectivity index (χ2v) is 8.91.